The highest BCUT2D eigenvalue weighted by Crippen LogP contribution is 2.43. The minimum atomic E-state index is 0.189. The summed E-state index contributed by atoms with van der Waals surface area (Å²) in [7, 11) is 0. The molecule has 0 radical (unpaired) electrons. The fourth-order valence-corrected chi connectivity index (χ4v) is 2.71. The topological polar surface area (TPSA) is 42.7 Å². The Hall–Kier alpha value is -0.900. The Morgan fingerprint density at radius 3 is 2.53 bits per heavy atom. The summed E-state index contributed by atoms with van der Waals surface area (Å²) >= 11 is 0. The van der Waals surface area contributed by atoms with Crippen LogP contribution >= 0.6 is 0 Å². The normalized spacial score (nSPS) is 18.6. The molecule has 1 saturated carbocycles. The van der Waals surface area contributed by atoms with E-state index in [1.807, 2.05) is 0 Å². The Morgan fingerprint density at radius 2 is 2.05 bits per heavy atom. The van der Waals surface area contributed by atoms with E-state index >= 15 is 0 Å². The molecule has 1 aromatic rings. The van der Waals surface area contributed by atoms with Gasteiger partial charge in [0.05, 0.1) is 0 Å². The maximum atomic E-state index is 4.47. The van der Waals surface area contributed by atoms with E-state index < -0.39 is 0 Å². The Morgan fingerprint density at radius 1 is 1.37 bits per heavy atom. The van der Waals surface area contributed by atoms with E-state index in [0.717, 1.165) is 18.8 Å². The van der Waals surface area contributed by atoms with Crippen molar-refractivity contribution >= 4 is 0 Å². The van der Waals surface area contributed by atoms with Crippen LogP contribution in [-0.4, -0.2) is 26.8 Å². The minimum absolute atomic E-state index is 0.189. The third-order valence-electron chi connectivity index (χ3n) is 4.08. The van der Waals surface area contributed by atoms with Gasteiger partial charge in [0.25, 0.3) is 0 Å². The van der Waals surface area contributed by atoms with Crippen LogP contribution in [0.4, 0.5) is 0 Å². The summed E-state index contributed by atoms with van der Waals surface area (Å²) in [6, 6.07) is 0.394. The molecule has 4 heteroatoms. The number of nitrogens with one attached hydrogen (secondary N) is 1. The molecule has 0 aliphatic heterocycles. The third kappa shape index (κ3) is 3.56. The summed E-state index contributed by atoms with van der Waals surface area (Å²) in [4.78, 5) is 4.47. The summed E-state index contributed by atoms with van der Waals surface area (Å²) in [5, 5.41) is 8.02. The zero-order chi connectivity index (χ0) is 14.1. The molecule has 0 atom stereocenters. The van der Waals surface area contributed by atoms with Crippen LogP contribution in [0, 0.1) is 5.41 Å². The van der Waals surface area contributed by atoms with E-state index in [4.69, 9.17) is 0 Å². The first kappa shape index (κ1) is 14.5. The smallest absolute Gasteiger partial charge is 0.138 e. The van der Waals surface area contributed by atoms with Crippen molar-refractivity contribution in [2.45, 2.75) is 71.9 Å². The number of aromatic nitrogens is 3. The van der Waals surface area contributed by atoms with Crippen molar-refractivity contribution in [3.63, 3.8) is 0 Å². The van der Waals surface area contributed by atoms with Gasteiger partial charge in [0.1, 0.15) is 12.2 Å². The van der Waals surface area contributed by atoms with Gasteiger partial charge in [-0.2, -0.15) is 5.10 Å². The molecule has 1 aromatic heterocycles. The van der Waals surface area contributed by atoms with E-state index in [-0.39, 0.29) is 5.54 Å². The lowest BCUT2D eigenvalue weighted by Gasteiger charge is -2.43. The lowest BCUT2D eigenvalue weighted by Crippen LogP contribution is -2.48. The molecule has 108 valence electrons. The lowest BCUT2D eigenvalue weighted by molar-refractivity contribution is 0.113. The highest BCUT2D eigenvalue weighted by atomic mass is 15.3. The van der Waals surface area contributed by atoms with E-state index in [1.165, 1.54) is 19.3 Å². The molecule has 1 aliphatic carbocycles. The highest BCUT2D eigenvalue weighted by molar-refractivity contribution is 5.01. The molecule has 0 unspecified atom stereocenters. The monoisotopic (exact) mass is 264 g/mol. The molecular weight excluding hydrogens is 236 g/mol. The van der Waals surface area contributed by atoms with Crippen molar-refractivity contribution < 1.29 is 0 Å². The SMILES string of the molecule is CC(C)n1ncnc1CC1(CNC(C)(C)C)CCC1. The van der Waals surface area contributed by atoms with Crippen molar-refractivity contribution in [3.8, 4) is 0 Å². The molecule has 1 fully saturated rings. The standard InChI is InChI=1S/C15H28N4/c1-12(2)19-13(16-11-18-19)9-15(7-6-8-15)10-17-14(3,4)5/h11-12,17H,6-10H2,1-5H3. The predicted molar refractivity (Wildman–Crippen MR) is 78.2 cm³/mol. The average molecular weight is 264 g/mol. The second-order valence-corrected chi connectivity index (χ2v) is 7.35. The number of rotatable bonds is 5. The zero-order valence-corrected chi connectivity index (χ0v) is 13.0. The highest BCUT2D eigenvalue weighted by Gasteiger charge is 2.39. The molecule has 2 rings (SSSR count). The van der Waals surface area contributed by atoms with Gasteiger partial charge < -0.3 is 5.32 Å². The van der Waals surface area contributed by atoms with Crippen molar-refractivity contribution in [2.75, 3.05) is 6.54 Å². The Kier molecular flexibility index (Phi) is 4.00. The van der Waals surface area contributed by atoms with Crippen molar-refractivity contribution in [1.82, 2.24) is 20.1 Å². The van der Waals surface area contributed by atoms with Crippen LogP contribution in [0.3, 0.4) is 0 Å². The second-order valence-electron chi connectivity index (χ2n) is 7.35. The zero-order valence-electron chi connectivity index (χ0n) is 13.0. The maximum absolute atomic E-state index is 4.47. The average Bonchev–Trinajstić information content (AvgIpc) is 2.68. The number of hydrogen-bond acceptors (Lipinski definition) is 3. The molecular formula is C15H28N4. The molecule has 0 saturated heterocycles. The first-order valence-corrected chi connectivity index (χ1v) is 7.45. The lowest BCUT2D eigenvalue weighted by atomic mass is 9.66. The van der Waals surface area contributed by atoms with Crippen molar-refractivity contribution in [3.05, 3.63) is 12.2 Å². The van der Waals surface area contributed by atoms with Gasteiger partial charge in [-0.25, -0.2) is 9.67 Å². The van der Waals surface area contributed by atoms with Gasteiger partial charge in [-0.3, -0.25) is 0 Å². The maximum Gasteiger partial charge on any atom is 0.138 e. The van der Waals surface area contributed by atoms with Crippen LogP contribution in [0.25, 0.3) is 0 Å². The second kappa shape index (κ2) is 5.23. The Bertz CT molecular complexity index is 410. The van der Waals surface area contributed by atoms with Crippen LogP contribution in [-0.2, 0) is 6.42 Å². The first-order valence-electron chi connectivity index (χ1n) is 7.45. The van der Waals surface area contributed by atoms with Crippen LogP contribution in [0.15, 0.2) is 6.33 Å². The molecule has 0 spiro atoms. The fraction of sp³-hybridized carbons (Fsp3) is 0.867. The molecule has 0 amide bonds. The molecule has 0 aromatic carbocycles. The van der Waals surface area contributed by atoms with Crippen molar-refractivity contribution in [1.29, 1.82) is 0 Å². The van der Waals surface area contributed by atoms with Crippen LogP contribution in [0.1, 0.15) is 65.7 Å². The van der Waals surface area contributed by atoms with Crippen LogP contribution in [0.5, 0.6) is 0 Å². The Labute approximate surface area is 117 Å². The van der Waals surface area contributed by atoms with Crippen LogP contribution in [0.2, 0.25) is 0 Å². The molecule has 1 aliphatic rings. The van der Waals surface area contributed by atoms with E-state index in [0.29, 0.717) is 11.5 Å². The minimum Gasteiger partial charge on any atom is -0.312 e. The largest absolute Gasteiger partial charge is 0.312 e. The third-order valence-corrected chi connectivity index (χ3v) is 4.08. The van der Waals surface area contributed by atoms with Crippen molar-refractivity contribution in [2.24, 2.45) is 5.41 Å². The summed E-state index contributed by atoms with van der Waals surface area (Å²) in [5.74, 6) is 1.14. The number of hydrogen-bond donors (Lipinski definition) is 1. The molecule has 4 nitrogen and oxygen atoms in total. The van der Waals surface area contributed by atoms with E-state index in [1.54, 1.807) is 6.33 Å². The fourth-order valence-electron chi connectivity index (χ4n) is 2.71. The summed E-state index contributed by atoms with van der Waals surface area (Å²) < 4.78 is 2.07. The van der Waals surface area contributed by atoms with Crippen LogP contribution < -0.4 is 5.32 Å². The summed E-state index contributed by atoms with van der Waals surface area (Å²) in [5.41, 5.74) is 0.585. The van der Waals surface area contributed by atoms with E-state index in [9.17, 15) is 0 Å². The molecule has 1 N–H and O–H groups in total. The first-order chi connectivity index (χ1) is 8.81. The molecule has 1 heterocycles. The van der Waals surface area contributed by atoms with E-state index in [2.05, 4.69) is 54.7 Å². The van der Waals surface area contributed by atoms with Gasteiger partial charge in [-0.1, -0.05) is 6.42 Å². The molecule has 0 bridgehead atoms. The predicted octanol–water partition coefficient (Wildman–Crippen LogP) is 2.96. The van der Waals surface area contributed by atoms with Gasteiger partial charge in [-0.15, -0.1) is 0 Å². The van der Waals surface area contributed by atoms with Gasteiger partial charge in [0.2, 0.25) is 0 Å². The summed E-state index contributed by atoms with van der Waals surface area (Å²) in [6.45, 7) is 12.1. The van der Waals surface area contributed by atoms with Gasteiger partial charge >= 0.3 is 0 Å². The van der Waals surface area contributed by atoms with Gasteiger partial charge in [0.15, 0.2) is 0 Å². The van der Waals surface area contributed by atoms with Gasteiger partial charge in [0, 0.05) is 24.5 Å². The summed E-state index contributed by atoms with van der Waals surface area (Å²) in [6.07, 6.45) is 6.71. The Balaban J connectivity index is 2.04. The molecule has 19 heavy (non-hydrogen) atoms. The number of nitrogens with zero attached hydrogens (tertiary/aromatic N) is 3. The quantitative estimate of drug-likeness (QED) is 0.889. The van der Waals surface area contributed by atoms with Gasteiger partial charge in [-0.05, 0) is 52.9 Å².